The predicted molar refractivity (Wildman–Crippen MR) is 110 cm³/mol. The number of carbonyl (C=O) groups is 1. The van der Waals surface area contributed by atoms with Gasteiger partial charge < -0.3 is 4.42 Å². The minimum atomic E-state index is -0.140. The van der Waals surface area contributed by atoms with Gasteiger partial charge in [0.1, 0.15) is 5.76 Å². The Balaban J connectivity index is 1.55. The second-order valence-corrected chi connectivity index (χ2v) is 9.81. The van der Waals surface area contributed by atoms with Gasteiger partial charge in [-0.3, -0.25) is 10.1 Å². The smallest absolute Gasteiger partial charge is 0.257 e. The van der Waals surface area contributed by atoms with Gasteiger partial charge in [0.25, 0.3) is 5.91 Å². The second-order valence-electron chi connectivity index (χ2n) is 7.50. The van der Waals surface area contributed by atoms with Gasteiger partial charge in [0.2, 0.25) is 5.89 Å². The third-order valence-electron chi connectivity index (χ3n) is 3.74. The van der Waals surface area contributed by atoms with Gasteiger partial charge >= 0.3 is 0 Å². The molecule has 0 aliphatic rings. The van der Waals surface area contributed by atoms with E-state index in [1.807, 2.05) is 37.4 Å². The summed E-state index contributed by atoms with van der Waals surface area (Å²) in [4.78, 5) is 21.0. The lowest BCUT2D eigenvalue weighted by atomic mass is 9.91. The monoisotopic (exact) mass is 401 g/mol. The number of aryl methyl sites for hydroxylation is 1. The van der Waals surface area contributed by atoms with Crippen LogP contribution in [0.5, 0.6) is 0 Å². The number of nitrogens with zero attached hydrogens (tertiary/aromatic N) is 2. The van der Waals surface area contributed by atoms with E-state index < -0.39 is 0 Å². The summed E-state index contributed by atoms with van der Waals surface area (Å²) < 4.78 is 6.81. The lowest BCUT2D eigenvalue weighted by Gasteiger charge is -2.15. The zero-order valence-electron chi connectivity index (χ0n) is 15.9. The van der Waals surface area contributed by atoms with Crippen LogP contribution >= 0.6 is 23.1 Å². The normalized spacial score (nSPS) is 11.6. The molecule has 0 radical (unpaired) electrons. The predicted octanol–water partition coefficient (Wildman–Crippen LogP) is 5.57. The number of thioether (sulfide) groups is 1. The number of oxazole rings is 1. The molecule has 1 aromatic carbocycles. The highest BCUT2D eigenvalue weighted by Gasteiger charge is 2.16. The van der Waals surface area contributed by atoms with Gasteiger partial charge in [0, 0.05) is 12.0 Å². The Kier molecular flexibility index (Phi) is 6.01. The maximum atomic E-state index is 12.4. The van der Waals surface area contributed by atoms with Crippen molar-refractivity contribution < 1.29 is 9.21 Å². The molecule has 5 nitrogen and oxygen atoms in total. The maximum absolute atomic E-state index is 12.4. The number of hydrogen-bond acceptors (Lipinski definition) is 6. The summed E-state index contributed by atoms with van der Waals surface area (Å²) in [7, 11) is 0. The van der Waals surface area contributed by atoms with Crippen LogP contribution in [0, 0.1) is 12.3 Å². The molecule has 1 amide bonds. The number of thiazole rings is 1. The zero-order valence-corrected chi connectivity index (χ0v) is 17.5. The van der Waals surface area contributed by atoms with E-state index in [-0.39, 0.29) is 11.3 Å². The number of aromatic nitrogens is 2. The Morgan fingerprint density at radius 1 is 1.22 bits per heavy atom. The molecule has 0 unspecified atom stereocenters. The summed E-state index contributed by atoms with van der Waals surface area (Å²) in [6, 6.07) is 7.50. The van der Waals surface area contributed by atoms with Crippen LogP contribution in [0.4, 0.5) is 5.13 Å². The molecule has 27 heavy (non-hydrogen) atoms. The molecule has 0 aliphatic heterocycles. The van der Waals surface area contributed by atoms with Gasteiger partial charge in [-0.2, -0.15) is 0 Å². The van der Waals surface area contributed by atoms with Crippen LogP contribution in [0.2, 0.25) is 0 Å². The first-order valence-corrected chi connectivity index (χ1v) is 10.5. The molecule has 142 valence electrons. The van der Waals surface area contributed by atoms with E-state index in [1.54, 1.807) is 18.0 Å². The number of hydrogen-bond donors (Lipinski definition) is 1. The van der Waals surface area contributed by atoms with Crippen molar-refractivity contribution in [3.05, 3.63) is 59.4 Å². The molecule has 3 rings (SSSR count). The fourth-order valence-corrected chi connectivity index (χ4v) is 4.25. The minimum Gasteiger partial charge on any atom is -0.445 e. The number of nitrogens with one attached hydrogen (secondary N) is 1. The van der Waals surface area contributed by atoms with Crippen LogP contribution in [-0.4, -0.2) is 15.9 Å². The molecule has 7 heteroatoms. The Morgan fingerprint density at radius 3 is 2.74 bits per heavy atom. The molecule has 0 aliphatic carbocycles. The largest absolute Gasteiger partial charge is 0.445 e. The van der Waals surface area contributed by atoms with Crippen molar-refractivity contribution in [3.63, 3.8) is 0 Å². The summed E-state index contributed by atoms with van der Waals surface area (Å²) >= 11 is 3.05. The van der Waals surface area contributed by atoms with E-state index in [1.165, 1.54) is 11.3 Å². The van der Waals surface area contributed by atoms with Crippen molar-refractivity contribution in [1.29, 1.82) is 0 Å². The Hall–Kier alpha value is -2.12. The van der Waals surface area contributed by atoms with Crippen LogP contribution < -0.4 is 5.32 Å². The summed E-state index contributed by atoms with van der Waals surface area (Å²) in [5, 5.41) is 3.45. The summed E-state index contributed by atoms with van der Waals surface area (Å²) in [6.07, 6.45) is 4.43. The standard InChI is InChI=1S/C20H23N3O2S2/c1-13-7-5-6-8-15(13)18(24)23-19-22-11-17(27-19)26-12-16-21-10-14(25-16)9-20(2,3)4/h5-8,10-11H,9,12H2,1-4H3,(H,22,23,24). The number of carbonyl (C=O) groups excluding carboxylic acids is 1. The van der Waals surface area contributed by atoms with Crippen molar-refractivity contribution in [3.8, 4) is 0 Å². The van der Waals surface area contributed by atoms with E-state index in [9.17, 15) is 4.79 Å². The average Bonchev–Trinajstić information content (AvgIpc) is 3.21. The number of anilines is 1. The molecule has 0 fully saturated rings. The molecule has 1 N–H and O–H groups in total. The molecule has 0 spiro atoms. The fourth-order valence-electron chi connectivity index (χ4n) is 2.53. The van der Waals surface area contributed by atoms with E-state index in [2.05, 4.69) is 36.1 Å². The third kappa shape index (κ3) is 5.68. The summed E-state index contributed by atoms with van der Waals surface area (Å²) in [6.45, 7) is 8.44. The topological polar surface area (TPSA) is 68.0 Å². The molecule has 3 aromatic rings. The average molecular weight is 402 g/mol. The molecule has 0 saturated heterocycles. The summed E-state index contributed by atoms with van der Waals surface area (Å²) in [5.41, 5.74) is 1.77. The van der Waals surface area contributed by atoms with Crippen molar-refractivity contribution in [2.24, 2.45) is 5.41 Å². The number of benzene rings is 1. The van der Waals surface area contributed by atoms with Gasteiger partial charge in [0.05, 0.1) is 22.4 Å². The summed E-state index contributed by atoms with van der Waals surface area (Å²) in [5.74, 6) is 2.11. The van der Waals surface area contributed by atoms with Crippen LogP contribution in [0.15, 0.2) is 45.3 Å². The van der Waals surface area contributed by atoms with E-state index in [0.717, 1.165) is 22.0 Å². The van der Waals surface area contributed by atoms with Gasteiger partial charge in [-0.15, -0.1) is 11.8 Å². The molecule has 2 heterocycles. The second kappa shape index (κ2) is 8.27. The van der Waals surface area contributed by atoms with Gasteiger partial charge in [-0.25, -0.2) is 9.97 Å². The highest BCUT2D eigenvalue weighted by atomic mass is 32.2. The first kappa shape index (κ1) is 19.6. The first-order valence-electron chi connectivity index (χ1n) is 8.69. The Labute approximate surface area is 167 Å². The van der Waals surface area contributed by atoms with Gasteiger partial charge in [0.15, 0.2) is 5.13 Å². The van der Waals surface area contributed by atoms with Crippen molar-refractivity contribution >= 4 is 34.1 Å². The number of rotatable bonds is 6. The molecule has 0 bridgehead atoms. The highest BCUT2D eigenvalue weighted by molar-refractivity contribution is 8.00. The van der Waals surface area contributed by atoms with Crippen LogP contribution in [0.25, 0.3) is 0 Å². The quantitative estimate of drug-likeness (QED) is 0.547. The molecular weight excluding hydrogens is 378 g/mol. The third-order valence-corrected chi connectivity index (χ3v) is 5.83. The Bertz CT molecular complexity index is 925. The molecule has 2 aromatic heterocycles. The molecular formula is C20H23N3O2S2. The molecule has 0 saturated carbocycles. The zero-order chi connectivity index (χ0) is 19.4. The minimum absolute atomic E-state index is 0.140. The van der Waals surface area contributed by atoms with Crippen LogP contribution in [0.1, 0.15) is 48.3 Å². The van der Waals surface area contributed by atoms with Crippen LogP contribution in [-0.2, 0) is 12.2 Å². The number of amides is 1. The van der Waals surface area contributed by atoms with Gasteiger partial charge in [-0.1, -0.05) is 50.3 Å². The SMILES string of the molecule is Cc1ccccc1C(=O)Nc1ncc(SCc2ncc(CC(C)(C)C)o2)s1. The van der Waals surface area contributed by atoms with Crippen molar-refractivity contribution in [2.75, 3.05) is 5.32 Å². The van der Waals surface area contributed by atoms with Crippen LogP contribution in [0.3, 0.4) is 0 Å². The lowest BCUT2D eigenvalue weighted by molar-refractivity contribution is 0.102. The van der Waals surface area contributed by atoms with E-state index >= 15 is 0 Å². The maximum Gasteiger partial charge on any atom is 0.257 e. The van der Waals surface area contributed by atoms with E-state index in [0.29, 0.717) is 22.3 Å². The first-order chi connectivity index (χ1) is 12.8. The Morgan fingerprint density at radius 2 is 2.00 bits per heavy atom. The van der Waals surface area contributed by atoms with Crippen molar-refractivity contribution in [1.82, 2.24) is 9.97 Å². The lowest BCUT2D eigenvalue weighted by Crippen LogP contribution is -2.12. The highest BCUT2D eigenvalue weighted by Crippen LogP contribution is 2.31. The fraction of sp³-hybridized carbons (Fsp3) is 0.350. The van der Waals surface area contributed by atoms with E-state index in [4.69, 9.17) is 4.42 Å². The van der Waals surface area contributed by atoms with Crippen molar-refractivity contribution in [2.45, 2.75) is 44.1 Å². The molecule has 0 atom stereocenters. The van der Waals surface area contributed by atoms with Gasteiger partial charge in [-0.05, 0) is 24.0 Å².